The van der Waals surface area contributed by atoms with Crippen molar-refractivity contribution in [1.29, 1.82) is 0 Å². The van der Waals surface area contributed by atoms with Crippen LogP contribution in [0, 0.1) is 6.92 Å². The molecule has 5 aromatic heterocycles. The number of aromatic hydroxyl groups is 1. The third kappa shape index (κ3) is 23.7. The molecule has 5 heterocycles. The van der Waals surface area contributed by atoms with E-state index in [4.69, 9.17) is 27.8 Å². The molecule has 32 nitrogen and oxygen atoms in total. The van der Waals surface area contributed by atoms with Crippen molar-refractivity contribution in [2.45, 2.75) is 128 Å². The Labute approximate surface area is 739 Å². The number of phenols is 1. The predicted octanol–water partition coefficient (Wildman–Crippen LogP) is 15.0. The van der Waals surface area contributed by atoms with Gasteiger partial charge >= 0.3 is 18.0 Å². The maximum absolute atomic E-state index is 12.9. The van der Waals surface area contributed by atoms with Gasteiger partial charge in [-0.3, -0.25) is 34.1 Å². The molecule has 1 aliphatic rings. The van der Waals surface area contributed by atoms with Crippen molar-refractivity contribution in [3.8, 4) is 34.6 Å². The normalized spacial score (nSPS) is 12.3. The quantitative estimate of drug-likeness (QED) is 0.00835. The molecule has 2 atom stereocenters. The van der Waals surface area contributed by atoms with Crippen molar-refractivity contribution in [3.05, 3.63) is 299 Å². The van der Waals surface area contributed by atoms with E-state index in [-0.39, 0.29) is 85.6 Å². The van der Waals surface area contributed by atoms with E-state index >= 15 is 0 Å². The molecule has 129 heavy (non-hydrogen) atoms. The van der Waals surface area contributed by atoms with Gasteiger partial charge in [-0.2, -0.15) is 5.21 Å². The number of rotatable bonds is 31. The lowest BCUT2D eigenvalue weighted by Crippen LogP contribution is -2.32. The molecule has 4 amide bonds. The smallest absolute Gasteiger partial charge is 0.411 e. The number of fused-ring (bicyclic) bond motifs is 4. The number of nitrogens with zero attached hydrogens (tertiary/aromatic N) is 5. The molecule has 0 spiro atoms. The van der Waals surface area contributed by atoms with E-state index < -0.39 is 56.7 Å². The number of aromatic carboxylic acids is 2. The minimum atomic E-state index is -4.04. The topological polar surface area (TPSA) is 456 Å². The van der Waals surface area contributed by atoms with Crippen LogP contribution in [0.25, 0.3) is 55.3 Å². The van der Waals surface area contributed by atoms with Gasteiger partial charge in [-0.25, -0.2) is 27.5 Å². The van der Waals surface area contributed by atoms with Gasteiger partial charge in [0.05, 0.1) is 53.8 Å². The fourth-order valence-corrected chi connectivity index (χ4v) is 16.2. The first-order valence-corrected chi connectivity index (χ1v) is 43.1. The van der Waals surface area contributed by atoms with E-state index in [1.165, 1.54) is 53.1 Å². The summed E-state index contributed by atoms with van der Waals surface area (Å²) in [5.41, 5.74) is 8.16. The number of ether oxygens (including phenoxy) is 4. The number of methoxy groups -OCH3 is 2. The number of hydrogen-bond donors (Lipinski definition) is 10. The van der Waals surface area contributed by atoms with Crippen LogP contribution in [0.15, 0.2) is 235 Å². The maximum Gasteiger partial charge on any atom is 0.411 e. The minimum Gasteiger partial charge on any atom is -0.506 e. The van der Waals surface area contributed by atoms with E-state index in [1.807, 2.05) is 80.2 Å². The summed E-state index contributed by atoms with van der Waals surface area (Å²) in [7, 11) is 1.06. The number of carbonyl (C=O) groups is 6. The van der Waals surface area contributed by atoms with Crippen LogP contribution in [0.4, 0.5) is 21.9 Å². The molecule has 1 fully saturated rings. The van der Waals surface area contributed by atoms with Crippen molar-refractivity contribution in [1.82, 2.24) is 39.8 Å². The highest BCUT2D eigenvalue weighted by molar-refractivity contribution is 7.90. The number of carboxylic acid groups (broad SMARTS) is 2. The molecule has 14 aromatic rings. The zero-order valence-electron chi connectivity index (χ0n) is 71.7. The summed E-state index contributed by atoms with van der Waals surface area (Å²) >= 11 is 0. The number of anilines is 3. The second-order valence-corrected chi connectivity index (χ2v) is 32.2. The first-order valence-electron chi connectivity index (χ1n) is 41.6. The average Bonchev–Trinajstić information content (AvgIpc) is 1.38. The van der Waals surface area contributed by atoms with E-state index in [2.05, 4.69) is 70.9 Å². The Morgan fingerprint density at radius 2 is 1.39 bits per heavy atom. The third-order valence-electron chi connectivity index (χ3n) is 21.5. The number of carbonyl (C=O) groups excluding carboxylic acids is 4. The van der Waals surface area contributed by atoms with E-state index in [0.29, 0.717) is 100 Å². The molecule has 33 heteroatoms. The largest absolute Gasteiger partial charge is 0.506 e. The molecule has 0 radical (unpaired) electrons. The summed E-state index contributed by atoms with van der Waals surface area (Å²) in [6.07, 6.45) is 10.6. The van der Waals surface area contributed by atoms with Crippen molar-refractivity contribution in [2.24, 2.45) is 7.05 Å². The number of aliphatic hydroxyl groups excluding tert-OH is 1. The highest BCUT2D eigenvalue weighted by Gasteiger charge is 2.27. The highest BCUT2D eigenvalue weighted by Crippen LogP contribution is 2.34. The van der Waals surface area contributed by atoms with Gasteiger partial charge in [0.15, 0.2) is 22.0 Å². The number of unbranched alkanes of at least 4 members (excludes halogenated alkanes) is 1. The lowest BCUT2D eigenvalue weighted by molar-refractivity contribution is -0.105. The van der Waals surface area contributed by atoms with Crippen LogP contribution in [-0.2, 0) is 58.8 Å². The van der Waals surface area contributed by atoms with E-state index in [9.17, 15) is 72.0 Å². The summed E-state index contributed by atoms with van der Waals surface area (Å²) < 4.78 is 64.6. The Morgan fingerprint density at radius 1 is 0.682 bits per heavy atom. The van der Waals surface area contributed by atoms with Gasteiger partial charge in [-0.05, 0) is 220 Å². The molecule has 2 unspecified atom stereocenters. The molecular formula is C96H97N11O21S. The van der Waals surface area contributed by atoms with Crippen molar-refractivity contribution in [3.63, 3.8) is 0 Å². The monoisotopic (exact) mass is 1770 g/mol. The average molecular weight is 1770 g/mol. The number of H-pyrrole nitrogens is 1. The Morgan fingerprint density at radius 3 is 2.08 bits per heavy atom. The molecular weight excluding hydrogens is 1680 g/mol. The van der Waals surface area contributed by atoms with Crippen LogP contribution in [0.1, 0.15) is 153 Å². The van der Waals surface area contributed by atoms with Crippen LogP contribution in [0.3, 0.4) is 0 Å². The van der Waals surface area contributed by atoms with Crippen LogP contribution in [0.2, 0.25) is 0 Å². The van der Waals surface area contributed by atoms with Gasteiger partial charge in [-0.15, -0.1) is 10.2 Å². The van der Waals surface area contributed by atoms with Gasteiger partial charge in [-0.1, -0.05) is 86.1 Å². The molecule has 15 rings (SSSR count). The number of aliphatic hydroxyl groups is 1. The predicted molar refractivity (Wildman–Crippen MR) is 487 cm³/mol. The number of aromatic amines is 1. The number of aromatic nitrogens is 6. The molecule has 1 aliphatic carbocycles. The summed E-state index contributed by atoms with van der Waals surface area (Å²) in [6, 6.07) is 56.5. The Kier molecular flexibility index (Phi) is 31.2. The molecule has 0 aliphatic heterocycles. The van der Waals surface area contributed by atoms with Gasteiger partial charge < -0.3 is 73.3 Å². The number of nitrogens with one attached hydrogen (secondary N) is 6. The van der Waals surface area contributed by atoms with Crippen LogP contribution in [-0.4, -0.2) is 134 Å². The number of amides is 4. The number of tetrazole rings is 1. The number of pyridine rings is 1. The van der Waals surface area contributed by atoms with Gasteiger partial charge in [0.1, 0.15) is 46.0 Å². The van der Waals surface area contributed by atoms with Crippen molar-refractivity contribution in [2.75, 3.05) is 43.3 Å². The lowest BCUT2D eigenvalue weighted by Gasteiger charge is -2.18. The number of sulfonamides is 1. The van der Waals surface area contributed by atoms with E-state index in [1.54, 1.807) is 106 Å². The van der Waals surface area contributed by atoms with Crippen LogP contribution < -0.4 is 56.5 Å². The zero-order chi connectivity index (χ0) is 92.0. The van der Waals surface area contributed by atoms with Gasteiger partial charge in [0, 0.05) is 107 Å². The van der Waals surface area contributed by atoms with Crippen molar-refractivity contribution >= 4 is 107 Å². The number of carboxylic acids is 2. The number of hydrogen-bond acceptors (Lipinski definition) is 23. The lowest BCUT2D eigenvalue weighted by atomic mass is 10.00. The van der Waals surface area contributed by atoms with Crippen molar-refractivity contribution < 1.29 is 85.4 Å². The first-order chi connectivity index (χ1) is 62.1. The molecule has 0 bridgehead atoms. The summed E-state index contributed by atoms with van der Waals surface area (Å²) in [5, 5.41) is 65.1. The molecule has 9 aromatic carbocycles. The number of aryl methyl sites for hydroxylation is 5. The van der Waals surface area contributed by atoms with E-state index in [0.717, 1.165) is 91.3 Å². The fraction of sp³-hybridized carbons (Fsp3) is 0.250. The molecule has 1 saturated carbocycles. The Bertz CT molecular complexity index is 6710. The molecule has 10 N–H and O–H groups in total. The standard InChI is InChI=1S/C31H33N3O6S.C27H23N5O4.C19H24N2O4.C19H17NO7/c1-20-8-4-7-11-29(20)41(37,38)33-30(35)22-13-12-21(28(17-22)39-3)16-23-19-34(2)27-15-14-24(18-26(23)27)32-31(36)40-25-9-5-6-10-25;33-23-17-25(26-29-31-32-30-26)36-24-16-20(11-14-22(23)24)28-27(34)19-9-12-21(13-10-19)35-15-5-4-8-18-6-2-1-3-7-18;1-13(9-14-3-6-16(25-2)7-4-14)20-11-19(24)15-5-8-18(23)17(10-15)21-12-22;1-3-5-9-16-10(13(21)7-12(18(23)24)20(16)4-2)6-11-14(22)8-15(19(25)26)27-17(9)11/h4,7-8,11-15,17-19,25H,5-6,9-10,16H2,1-3H3,(H,32,36)(H,33,35);1-3,6-7,9-14,16-17H,4-5,8,15H2,(H,28,34)(H,29,30,31,32);3-8,10,12-13,19-20,23-24H,9,11H2,1-2H3,(H,21,22);6-8H,3-5H2,1-2H3,(H,23,24)(H,25,26). The Hall–Kier alpha value is -15.1. The van der Waals surface area contributed by atoms with Gasteiger partial charge in [0.25, 0.3) is 21.8 Å². The number of phenolic OH excluding ortho intramolecular Hbond substituents is 1. The molecule has 0 saturated heterocycles. The third-order valence-corrected chi connectivity index (χ3v) is 23.0. The summed E-state index contributed by atoms with van der Waals surface area (Å²) in [6.45, 7) is 8.58. The minimum absolute atomic E-state index is 0.0221. The van der Waals surface area contributed by atoms with Crippen LogP contribution >= 0.6 is 0 Å². The Balaban J connectivity index is 0.000000159. The summed E-state index contributed by atoms with van der Waals surface area (Å²) in [4.78, 5) is 109. The fourth-order valence-electron chi connectivity index (χ4n) is 15.0. The molecule has 668 valence electrons. The maximum atomic E-state index is 12.9. The first kappa shape index (κ1) is 93.1. The number of benzene rings is 9. The zero-order valence-corrected chi connectivity index (χ0v) is 72.5. The van der Waals surface area contributed by atoms with Crippen LogP contribution in [0.5, 0.6) is 23.0 Å². The SMILES string of the molecule is CCCc1c2oc(C(=O)O)cc(=O)c2cc2c(=O)cc(C(=O)O)n(CC)c12.COc1cc(C(=O)NS(=O)(=O)c2ccccc2C)ccc1Cc1cn(C)c2ccc(NC(=O)OC3CCCC3)cc12.COc1ccc(CC(C)NCC(O)c2ccc(O)c(NC=O)c2)cc1.O=C(Nc1ccc2c(=O)cc(-c3nn[nH]n3)oc2c1)c1ccc(OCCCCc2ccccc2)cc1. The second-order valence-electron chi connectivity index (χ2n) is 30.5. The summed E-state index contributed by atoms with van der Waals surface area (Å²) in [5.74, 6) is -1.88. The second kappa shape index (κ2) is 43.2. The highest BCUT2D eigenvalue weighted by atomic mass is 32.2. The van der Waals surface area contributed by atoms with Gasteiger partial charge in [0.2, 0.25) is 18.0 Å².